The van der Waals surface area contributed by atoms with Crippen molar-refractivity contribution in [3.8, 4) is 10.6 Å². The number of hydrogen-bond acceptors (Lipinski definition) is 5. The first kappa shape index (κ1) is 18.6. The summed E-state index contributed by atoms with van der Waals surface area (Å²) in [5.41, 5.74) is 2.55. The number of rotatable bonds is 6. The van der Waals surface area contributed by atoms with E-state index in [2.05, 4.69) is 10.3 Å². The van der Waals surface area contributed by atoms with Gasteiger partial charge in [-0.3, -0.25) is 9.59 Å². The van der Waals surface area contributed by atoms with Crippen LogP contribution in [0, 0.1) is 0 Å². The summed E-state index contributed by atoms with van der Waals surface area (Å²) in [6.07, 6.45) is 0.817. The molecule has 1 fully saturated rings. The minimum atomic E-state index is -0.682. The van der Waals surface area contributed by atoms with Crippen LogP contribution in [0.25, 0.3) is 20.8 Å². The fourth-order valence-electron chi connectivity index (χ4n) is 3.31. The molecule has 0 radical (unpaired) electrons. The predicted molar refractivity (Wildman–Crippen MR) is 109 cm³/mol. The number of carbonyl (C=O) groups excluding carboxylic acids is 2. The molecular formula is C21H21N3O3S. The van der Waals surface area contributed by atoms with Crippen LogP contribution in [0.15, 0.2) is 48.5 Å². The third-order valence-electron chi connectivity index (χ3n) is 4.85. The normalized spacial score (nSPS) is 16.7. The molecule has 1 saturated heterocycles. The summed E-state index contributed by atoms with van der Waals surface area (Å²) in [5.74, 6) is -0.173. The molecule has 144 valence electrons. The Morgan fingerprint density at radius 2 is 2.00 bits per heavy atom. The summed E-state index contributed by atoms with van der Waals surface area (Å²) >= 11 is 1.63. The van der Waals surface area contributed by atoms with Crippen molar-refractivity contribution in [1.82, 2.24) is 15.2 Å². The summed E-state index contributed by atoms with van der Waals surface area (Å²) in [5, 5.41) is 13.5. The number of aromatic nitrogens is 1. The Labute approximate surface area is 166 Å². The summed E-state index contributed by atoms with van der Waals surface area (Å²) < 4.78 is 1.14. The van der Waals surface area contributed by atoms with Crippen molar-refractivity contribution < 1.29 is 14.7 Å². The van der Waals surface area contributed by atoms with Crippen LogP contribution >= 0.6 is 11.3 Å². The van der Waals surface area contributed by atoms with Crippen molar-refractivity contribution in [2.75, 3.05) is 13.1 Å². The Morgan fingerprint density at radius 3 is 2.71 bits per heavy atom. The molecule has 1 unspecified atom stereocenters. The number of nitrogens with zero attached hydrogens (tertiary/aromatic N) is 2. The number of fused-ring (bicyclic) bond motifs is 1. The second-order valence-corrected chi connectivity index (χ2v) is 7.81. The number of aliphatic hydroxyl groups is 1. The quantitative estimate of drug-likeness (QED) is 0.629. The maximum Gasteiger partial charge on any atom is 0.251 e. The summed E-state index contributed by atoms with van der Waals surface area (Å²) in [7, 11) is 0. The van der Waals surface area contributed by atoms with Gasteiger partial charge in [-0.15, -0.1) is 11.3 Å². The molecule has 2 amide bonds. The molecule has 1 atom stereocenters. The van der Waals surface area contributed by atoms with Crippen LogP contribution in [0.4, 0.5) is 0 Å². The van der Waals surface area contributed by atoms with Crippen molar-refractivity contribution in [2.24, 2.45) is 0 Å². The molecule has 0 bridgehead atoms. The van der Waals surface area contributed by atoms with Crippen LogP contribution in [-0.4, -0.2) is 46.1 Å². The van der Waals surface area contributed by atoms with Gasteiger partial charge in [0.25, 0.3) is 5.91 Å². The van der Waals surface area contributed by atoms with E-state index >= 15 is 0 Å². The van der Waals surface area contributed by atoms with Gasteiger partial charge in [0.15, 0.2) is 0 Å². The van der Waals surface area contributed by atoms with E-state index in [1.54, 1.807) is 23.5 Å². The molecule has 0 aliphatic carbocycles. The van der Waals surface area contributed by atoms with Gasteiger partial charge in [0.05, 0.1) is 10.2 Å². The van der Waals surface area contributed by atoms with Crippen LogP contribution in [0.1, 0.15) is 29.6 Å². The Balaban J connectivity index is 1.32. The van der Waals surface area contributed by atoms with Gasteiger partial charge in [-0.2, -0.15) is 0 Å². The molecule has 3 aromatic rings. The zero-order valence-corrected chi connectivity index (χ0v) is 16.1. The number of hydrogen-bond donors (Lipinski definition) is 2. The molecule has 7 heteroatoms. The van der Waals surface area contributed by atoms with E-state index in [1.165, 1.54) is 4.90 Å². The highest BCUT2D eigenvalue weighted by Crippen LogP contribution is 2.30. The first-order valence-corrected chi connectivity index (χ1v) is 10.2. The average Bonchev–Trinajstić information content (AvgIpc) is 3.29. The van der Waals surface area contributed by atoms with Crippen LogP contribution in [-0.2, 0) is 4.79 Å². The Morgan fingerprint density at radius 1 is 1.21 bits per heavy atom. The largest absolute Gasteiger partial charge is 0.374 e. The minimum absolute atomic E-state index is 0.0238. The maximum atomic E-state index is 12.3. The van der Waals surface area contributed by atoms with E-state index in [0.29, 0.717) is 37.9 Å². The zero-order valence-electron chi connectivity index (χ0n) is 15.3. The molecule has 2 N–H and O–H groups in total. The second-order valence-electron chi connectivity index (χ2n) is 6.78. The molecular weight excluding hydrogens is 374 g/mol. The molecule has 0 saturated carbocycles. The van der Waals surface area contributed by atoms with Gasteiger partial charge in [-0.1, -0.05) is 24.3 Å². The Bertz CT molecular complexity index is 967. The molecule has 1 aliphatic heterocycles. The average molecular weight is 395 g/mol. The molecule has 1 aromatic heterocycles. The van der Waals surface area contributed by atoms with Gasteiger partial charge in [-0.05, 0) is 30.7 Å². The van der Waals surface area contributed by atoms with Gasteiger partial charge in [0, 0.05) is 37.1 Å². The Hall–Kier alpha value is -2.77. The Kier molecular flexibility index (Phi) is 5.36. The topological polar surface area (TPSA) is 82.5 Å². The monoisotopic (exact) mass is 395 g/mol. The van der Waals surface area contributed by atoms with Gasteiger partial charge in [-0.25, -0.2) is 4.98 Å². The SMILES string of the molecule is O=C(NCCCN1C(=O)CCC1O)c1ccc(-c2nc3ccccc3s2)cc1. The second kappa shape index (κ2) is 8.08. The van der Waals surface area contributed by atoms with Crippen molar-refractivity contribution >= 4 is 33.4 Å². The third-order valence-corrected chi connectivity index (χ3v) is 5.93. The van der Waals surface area contributed by atoms with E-state index in [0.717, 1.165) is 20.8 Å². The maximum absolute atomic E-state index is 12.3. The lowest BCUT2D eigenvalue weighted by Crippen LogP contribution is -2.35. The van der Waals surface area contributed by atoms with E-state index in [4.69, 9.17) is 0 Å². The number of benzene rings is 2. The van der Waals surface area contributed by atoms with Crippen molar-refractivity contribution in [2.45, 2.75) is 25.5 Å². The number of carbonyl (C=O) groups is 2. The van der Waals surface area contributed by atoms with E-state index in [9.17, 15) is 14.7 Å². The highest BCUT2D eigenvalue weighted by molar-refractivity contribution is 7.21. The van der Waals surface area contributed by atoms with Crippen molar-refractivity contribution in [1.29, 1.82) is 0 Å². The van der Waals surface area contributed by atoms with Gasteiger partial charge < -0.3 is 15.3 Å². The molecule has 2 heterocycles. The molecule has 6 nitrogen and oxygen atoms in total. The number of nitrogens with one attached hydrogen (secondary N) is 1. The fraction of sp³-hybridized carbons (Fsp3) is 0.286. The van der Waals surface area contributed by atoms with Gasteiger partial charge in [0.1, 0.15) is 11.2 Å². The lowest BCUT2D eigenvalue weighted by Gasteiger charge is -2.20. The fourth-order valence-corrected chi connectivity index (χ4v) is 4.28. The first-order valence-electron chi connectivity index (χ1n) is 9.33. The number of thiazole rings is 1. The highest BCUT2D eigenvalue weighted by Gasteiger charge is 2.28. The summed E-state index contributed by atoms with van der Waals surface area (Å²) in [4.78, 5) is 30.0. The zero-order chi connectivity index (χ0) is 19.5. The smallest absolute Gasteiger partial charge is 0.251 e. The van der Waals surface area contributed by atoms with E-state index in [-0.39, 0.29) is 11.8 Å². The third kappa shape index (κ3) is 3.90. The van der Waals surface area contributed by atoms with Crippen LogP contribution < -0.4 is 5.32 Å². The highest BCUT2D eigenvalue weighted by atomic mass is 32.1. The number of aliphatic hydroxyl groups excluding tert-OH is 1. The summed E-state index contributed by atoms with van der Waals surface area (Å²) in [6, 6.07) is 15.4. The van der Waals surface area contributed by atoms with Gasteiger partial charge in [0.2, 0.25) is 5.91 Å². The molecule has 2 aromatic carbocycles. The van der Waals surface area contributed by atoms with Gasteiger partial charge >= 0.3 is 0 Å². The van der Waals surface area contributed by atoms with E-state index in [1.807, 2.05) is 36.4 Å². The molecule has 4 rings (SSSR count). The predicted octanol–water partition coefficient (Wildman–Crippen LogP) is 3.02. The number of amides is 2. The minimum Gasteiger partial charge on any atom is -0.374 e. The van der Waals surface area contributed by atoms with Crippen LogP contribution in [0.5, 0.6) is 0 Å². The lowest BCUT2D eigenvalue weighted by atomic mass is 10.1. The molecule has 28 heavy (non-hydrogen) atoms. The standard InChI is InChI=1S/C21H21N3O3S/c25-18-10-11-19(26)24(18)13-3-12-22-20(27)14-6-8-15(9-7-14)21-23-16-4-1-2-5-17(16)28-21/h1-2,4-9,18,25H,3,10-13H2,(H,22,27). The lowest BCUT2D eigenvalue weighted by molar-refractivity contribution is -0.133. The van der Waals surface area contributed by atoms with Crippen LogP contribution in [0.2, 0.25) is 0 Å². The first-order chi connectivity index (χ1) is 13.6. The van der Waals surface area contributed by atoms with E-state index < -0.39 is 6.23 Å². The van der Waals surface area contributed by atoms with Crippen LogP contribution in [0.3, 0.4) is 0 Å². The summed E-state index contributed by atoms with van der Waals surface area (Å²) in [6.45, 7) is 0.909. The number of likely N-dealkylation sites (tertiary alicyclic amines) is 1. The van der Waals surface area contributed by atoms with Crippen molar-refractivity contribution in [3.63, 3.8) is 0 Å². The molecule has 1 aliphatic rings. The molecule has 0 spiro atoms. The van der Waals surface area contributed by atoms with Crippen molar-refractivity contribution in [3.05, 3.63) is 54.1 Å². The number of para-hydroxylation sites is 1.